The molecule has 0 radical (unpaired) electrons. The number of primary amides is 1. The zero-order valence-electron chi connectivity index (χ0n) is 13.8. The number of nitrogens with zero attached hydrogens (tertiary/aromatic N) is 2. The zero-order chi connectivity index (χ0) is 16.7. The molecule has 5 nitrogen and oxygen atoms in total. The summed E-state index contributed by atoms with van der Waals surface area (Å²) in [6.07, 6.45) is 5.11. The fraction of sp³-hybridized carbons (Fsp3) is 0.529. The standard InChI is InChI=1S/C17H25FN4O.HI/c18-15-7-5-13(6-8-15)11-14(16(19)23)12-21-17(20)22-9-3-1-2-4-10-22;/h5-8,14H,1-4,9-12H2,(H2,19,23)(H2,20,21);1H. The van der Waals surface area contributed by atoms with Crippen LogP contribution in [0, 0.1) is 11.7 Å². The van der Waals surface area contributed by atoms with Crippen LogP contribution in [0.5, 0.6) is 0 Å². The molecule has 1 amide bonds. The minimum atomic E-state index is -0.439. The van der Waals surface area contributed by atoms with Gasteiger partial charge < -0.3 is 16.4 Å². The molecular weight excluding hydrogens is 422 g/mol. The molecule has 1 atom stereocenters. The van der Waals surface area contributed by atoms with Crippen LogP contribution in [0.15, 0.2) is 29.3 Å². The van der Waals surface area contributed by atoms with Crippen molar-refractivity contribution in [3.05, 3.63) is 35.6 Å². The topological polar surface area (TPSA) is 84.7 Å². The minimum Gasteiger partial charge on any atom is -0.370 e. The van der Waals surface area contributed by atoms with Gasteiger partial charge in [0.15, 0.2) is 5.96 Å². The van der Waals surface area contributed by atoms with Crippen LogP contribution in [-0.4, -0.2) is 36.4 Å². The minimum absolute atomic E-state index is 0. The second kappa shape index (κ2) is 10.5. The lowest BCUT2D eigenvalue weighted by molar-refractivity contribution is -0.121. The molecule has 2 rings (SSSR count). The van der Waals surface area contributed by atoms with Crippen molar-refractivity contribution >= 4 is 35.8 Å². The van der Waals surface area contributed by atoms with Gasteiger partial charge >= 0.3 is 0 Å². The van der Waals surface area contributed by atoms with Gasteiger partial charge in [-0.1, -0.05) is 25.0 Å². The van der Waals surface area contributed by atoms with Gasteiger partial charge in [0.2, 0.25) is 5.91 Å². The van der Waals surface area contributed by atoms with Crippen LogP contribution in [-0.2, 0) is 11.2 Å². The first-order valence-electron chi connectivity index (χ1n) is 8.15. The molecule has 7 heteroatoms. The summed E-state index contributed by atoms with van der Waals surface area (Å²) in [4.78, 5) is 18.1. The largest absolute Gasteiger partial charge is 0.370 e. The van der Waals surface area contributed by atoms with Gasteiger partial charge in [-0.05, 0) is 37.0 Å². The maximum Gasteiger partial charge on any atom is 0.222 e. The zero-order valence-corrected chi connectivity index (χ0v) is 16.1. The number of amides is 1. The third-order valence-electron chi connectivity index (χ3n) is 4.20. The Kier molecular flexibility index (Phi) is 9.02. The molecule has 0 aromatic heterocycles. The molecule has 1 aromatic rings. The number of carbonyl (C=O) groups is 1. The highest BCUT2D eigenvalue weighted by atomic mass is 127. The quantitative estimate of drug-likeness (QED) is 0.412. The summed E-state index contributed by atoms with van der Waals surface area (Å²) in [5, 5.41) is 0. The summed E-state index contributed by atoms with van der Waals surface area (Å²) in [7, 11) is 0. The molecule has 24 heavy (non-hydrogen) atoms. The number of benzene rings is 1. The van der Waals surface area contributed by atoms with Crippen molar-refractivity contribution in [1.82, 2.24) is 4.90 Å². The van der Waals surface area contributed by atoms with Crippen LogP contribution in [0.2, 0.25) is 0 Å². The van der Waals surface area contributed by atoms with Gasteiger partial charge in [0.25, 0.3) is 0 Å². The number of rotatable bonds is 5. The molecule has 1 heterocycles. The third-order valence-corrected chi connectivity index (χ3v) is 4.20. The van der Waals surface area contributed by atoms with E-state index in [0.717, 1.165) is 31.5 Å². The second-order valence-electron chi connectivity index (χ2n) is 6.03. The maximum absolute atomic E-state index is 12.9. The lowest BCUT2D eigenvalue weighted by atomic mass is 9.99. The molecule has 1 unspecified atom stereocenters. The molecule has 1 fully saturated rings. The van der Waals surface area contributed by atoms with Gasteiger partial charge in [-0.3, -0.25) is 9.79 Å². The van der Waals surface area contributed by atoms with Crippen LogP contribution in [0.4, 0.5) is 4.39 Å². The lowest BCUT2D eigenvalue weighted by Gasteiger charge is -2.21. The summed E-state index contributed by atoms with van der Waals surface area (Å²) < 4.78 is 12.9. The van der Waals surface area contributed by atoms with Crippen molar-refractivity contribution in [3.8, 4) is 0 Å². The number of nitrogens with two attached hydrogens (primary N) is 2. The third kappa shape index (κ3) is 6.62. The summed E-state index contributed by atoms with van der Waals surface area (Å²) >= 11 is 0. The number of hydrogen-bond acceptors (Lipinski definition) is 2. The van der Waals surface area contributed by atoms with E-state index >= 15 is 0 Å². The summed E-state index contributed by atoms with van der Waals surface area (Å²) in [6.45, 7) is 2.08. The average Bonchev–Trinajstić information content (AvgIpc) is 2.82. The van der Waals surface area contributed by atoms with Crippen LogP contribution in [0.25, 0.3) is 0 Å². The fourth-order valence-electron chi connectivity index (χ4n) is 2.76. The number of likely N-dealkylation sites (tertiary alicyclic amines) is 1. The van der Waals surface area contributed by atoms with E-state index in [2.05, 4.69) is 9.89 Å². The van der Waals surface area contributed by atoms with E-state index in [1.807, 2.05) is 0 Å². The molecule has 1 saturated heterocycles. The van der Waals surface area contributed by atoms with E-state index in [0.29, 0.717) is 12.4 Å². The molecule has 4 N–H and O–H groups in total. The molecule has 0 spiro atoms. The van der Waals surface area contributed by atoms with Crippen molar-refractivity contribution in [2.75, 3.05) is 19.6 Å². The van der Waals surface area contributed by atoms with E-state index in [1.54, 1.807) is 12.1 Å². The van der Waals surface area contributed by atoms with Crippen LogP contribution < -0.4 is 11.5 Å². The Hall–Kier alpha value is -1.38. The number of hydrogen-bond donors (Lipinski definition) is 2. The monoisotopic (exact) mass is 448 g/mol. The predicted molar refractivity (Wildman–Crippen MR) is 105 cm³/mol. The van der Waals surface area contributed by atoms with Gasteiger partial charge in [-0.15, -0.1) is 24.0 Å². The highest BCUT2D eigenvalue weighted by Crippen LogP contribution is 2.12. The van der Waals surface area contributed by atoms with Gasteiger partial charge in [0.1, 0.15) is 5.82 Å². The van der Waals surface area contributed by atoms with Crippen molar-refractivity contribution < 1.29 is 9.18 Å². The molecule has 0 saturated carbocycles. The molecule has 1 aromatic carbocycles. The van der Waals surface area contributed by atoms with E-state index in [9.17, 15) is 9.18 Å². The van der Waals surface area contributed by atoms with E-state index in [4.69, 9.17) is 11.5 Å². The lowest BCUT2D eigenvalue weighted by Crippen LogP contribution is -2.39. The normalized spacial score (nSPS) is 16.9. The number of aliphatic imine (C=N–C) groups is 1. The Bertz CT molecular complexity index is 542. The molecule has 0 aliphatic carbocycles. The highest BCUT2D eigenvalue weighted by molar-refractivity contribution is 14.0. The number of carbonyl (C=O) groups excluding carboxylic acids is 1. The van der Waals surface area contributed by atoms with Crippen molar-refractivity contribution in [1.29, 1.82) is 0 Å². The molecule has 0 bridgehead atoms. The molecule has 1 aliphatic heterocycles. The highest BCUT2D eigenvalue weighted by Gasteiger charge is 2.17. The smallest absolute Gasteiger partial charge is 0.222 e. The molecule has 134 valence electrons. The van der Waals surface area contributed by atoms with Gasteiger partial charge in [0.05, 0.1) is 12.5 Å². The number of halogens is 2. The number of guanidine groups is 1. The SMILES string of the molecule is I.NC(=O)C(CN=C(N)N1CCCCCC1)Cc1ccc(F)cc1. The Morgan fingerprint density at radius 2 is 1.71 bits per heavy atom. The van der Waals surface area contributed by atoms with E-state index < -0.39 is 11.8 Å². The average molecular weight is 448 g/mol. The Labute approximate surface area is 159 Å². The van der Waals surface area contributed by atoms with E-state index in [1.165, 1.54) is 25.0 Å². The summed E-state index contributed by atoms with van der Waals surface area (Å²) in [5.74, 6) is -0.669. The predicted octanol–water partition coefficient (Wildman–Crippen LogP) is 2.28. The molecular formula is C17H26FIN4O. The molecule has 1 aliphatic rings. The Morgan fingerprint density at radius 1 is 1.12 bits per heavy atom. The fourth-order valence-corrected chi connectivity index (χ4v) is 2.76. The van der Waals surface area contributed by atoms with Crippen LogP contribution in [0.1, 0.15) is 31.2 Å². The first-order valence-corrected chi connectivity index (χ1v) is 8.15. The van der Waals surface area contributed by atoms with Gasteiger partial charge in [-0.2, -0.15) is 0 Å². The summed E-state index contributed by atoms with van der Waals surface area (Å²) in [5.41, 5.74) is 12.4. The van der Waals surface area contributed by atoms with Gasteiger partial charge in [0, 0.05) is 13.1 Å². The Morgan fingerprint density at radius 3 is 2.25 bits per heavy atom. The summed E-state index contributed by atoms with van der Waals surface area (Å²) in [6, 6.07) is 6.07. The van der Waals surface area contributed by atoms with Crippen molar-refractivity contribution in [2.45, 2.75) is 32.1 Å². The van der Waals surface area contributed by atoms with Crippen LogP contribution >= 0.6 is 24.0 Å². The first-order chi connectivity index (χ1) is 11.1. The Balaban J connectivity index is 0.00000288. The van der Waals surface area contributed by atoms with E-state index in [-0.39, 0.29) is 36.3 Å². The van der Waals surface area contributed by atoms with Crippen molar-refractivity contribution in [2.24, 2.45) is 22.4 Å². The van der Waals surface area contributed by atoms with Crippen LogP contribution in [0.3, 0.4) is 0 Å². The first kappa shape index (κ1) is 20.7. The van der Waals surface area contributed by atoms with Crippen molar-refractivity contribution in [3.63, 3.8) is 0 Å². The second-order valence-corrected chi connectivity index (χ2v) is 6.03. The van der Waals surface area contributed by atoms with Gasteiger partial charge in [-0.25, -0.2) is 4.39 Å². The maximum atomic E-state index is 12.9.